The first-order chi connectivity index (χ1) is 7.34. The smallest absolute Gasteiger partial charge is 0.122 e. The minimum atomic E-state index is 0.506. The van der Waals surface area contributed by atoms with Crippen molar-refractivity contribution in [1.29, 1.82) is 0 Å². The van der Waals surface area contributed by atoms with Gasteiger partial charge < -0.3 is 10.0 Å². The average molecular weight is 190 g/mol. The molecule has 74 valence electrons. The van der Waals surface area contributed by atoms with E-state index in [-0.39, 0.29) is 0 Å². The summed E-state index contributed by atoms with van der Waals surface area (Å²) in [5.41, 5.74) is 1.35. The maximum atomic E-state index is 7.66. The number of hydrogen-bond donors (Lipinski definition) is 1. The lowest BCUT2D eigenvalue weighted by atomic mass is 9.80. The molecule has 2 heteroatoms. The number of nitrogens with one attached hydrogen (secondary N) is 1. The van der Waals surface area contributed by atoms with Gasteiger partial charge in [-0.15, -0.1) is 0 Å². The first-order valence-electron chi connectivity index (χ1n) is 5.75. The largest absolute Gasteiger partial charge is 0.493 e. The molecule has 0 radical (unpaired) electrons. The predicted molar refractivity (Wildman–Crippen MR) is 55.7 cm³/mol. The Kier molecular flexibility index (Phi) is 1.71. The van der Waals surface area contributed by atoms with Gasteiger partial charge in [0.15, 0.2) is 0 Å². The number of piperidine rings is 1. The van der Waals surface area contributed by atoms with Crippen LogP contribution in [0.15, 0.2) is 24.3 Å². The Morgan fingerprint density at radius 2 is 2.36 bits per heavy atom. The van der Waals surface area contributed by atoms with Crippen LogP contribution in [0.5, 0.6) is 5.75 Å². The van der Waals surface area contributed by atoms with Crippen LogP contribution < -0.4 is 10.0 Å². The number of para-hydroxylation sites is 1. The van der Waals surface area contributed by atoms with Crippen molar-refractivity contribution in [2.24, 2.45) is 5.92 Å². The van der Waals surface area contributed by atoms with Gasteiger partial charge >= 0.3 is 0 Å². The Morgan fingerprint density at radius 3 is 3.36 bits per heavy atom. The van der Waals surface area contributed by atoms with Gasteiger partial charge in [-0.3, -0.25) is 0 Å². The van der Waals surface area contributed by atoms with Gasteiger partial charge in [0.1, 0.15) is 7.16 Å². The highest BCUT2D eigenvalue weighted by Gasteiger charge is 2.32. The minimum Gasteiger partial charge on any atom is -0.493 e. The Morgan fingerprint density at radius 1 is 1.43 bits per heavy atom. The Hall–Kier alpha value is -1.02. The fraction of sp³-hybridized carbons (Fsp3) is 0.500. The van der Waals surface area contributed by atoms with Crippen LogP contribution >= 0.6 is 0 Å². The van der Waals surface area contributed by atoms with E-state index < -0.39 is 0 Å². The molecule has 0 amide bonds. The Balaban J connectivity index is 1.93. The molecule has 1 fully saturated rings. The van der Waals surface area contributed by atoms with Gasteiger partial charge in [0.2, 0.25) is 0 Å². The molecule has 1 N–H and O–H groups in total. The SMILES string of the molecule is [2H]N1CCC2c3ccccc3OCC2C1. The second kappa shape index (κ2) is 3.28. The molecule has 0 aromatic heterocycles. The average Bonchev–Trinajstić information content (AvgIpc) is 2.28. The summed E-state index contributed by atoms with van der Waals surface area (Å²) in [4.78, 5) is 0. The molecular formula is C12H15NO. The predicted octanol–water partition coefficient (Wildman–Crippen LogP) is 1.77. The van der Waals surface area contributed by atoms with Crippen molar-refractivity contribution >= 4 is 0 Å². The maximum Gasteiger partial charge on any atom is 0.122 e. The van der Waals surface area contributed by atoms with E-state index in [0.29, 0.717) is 11.8 Å². The molecule has 1 aromatic carbocycles. The molecule has 0 saturated carbocycles. The molecule has 0 bridgehead atoms. The topological polar surface area (TPSA) is 21.3 Å². The zero-order chi connectivity index (χ0) is 10.3. The summed E-state index contributed by atoms with van der Waals surface area (Å²) in [6.45, 7) is 2.51. The van der Waals surface area contributed by atoms with Gasteiger partial charge in [0.25, 0.3) is 0 Å². The molecule has 2 aliphatic heterocycles. The van der Waals surface area contributed by atoms with Gasteiger partial charge in [-0.2, -0.15) is 0 Å². The third-order valence-corrected chi connectivity index (χ3v) is 3.30. The van der Waals surface area contributed by atoms with Crippen molar-refractivity contribution < 1.29 is 6.15 Å². The number of benzene rings is 1. The monoisotopic (exact) mass is 190 g/mol. The molecule has 2 nitrogen and oxygen atoms in total. The summed E-state index contributed by atoms with van der Waals surface area (Å²) in [6, 6.07) is 8.33. The van der Waals surface area contributed by atoms with Crippen LogP contribution in [0.3, 0.4) is 0 Å². The van der Waals surface area contributed by atoms with Crippen LogP contribution in [-0.4, -0.2) is 19.7 Å². The molecule has 2 aliphatic rings. The molecular weight excluding hydrogens is 174 g/mol. The number of ether oxygens (including phenoxy) is 1. The van der Waals surface area contributed by atoms with E-state index >= 15 is 0 Å². The highest BCUT2D eigenvalue weighted by Crippen LogP contribution is 2.39. The van der Waals surface area contributed by atoms with Crippen molar-refractivity contribution in [1.82, 2.24) is 5.31 Å². The first-order valence-corrected chi connectivity index (χ1v) is 5.30. The standard InChI is InChI=1S/C12H15NO/c1-2-4-12-11(3-1)10-5-6-13-7-9(10)8-14-12/h1-4,9-10,13H,5-8H2/i/hD. The summed E-state index contributed by atoms with van der Waals surface area (Å²) in [6.07, 6.45) is 1.09. The van der Waals surface area contributed by atoms with Crippen molar-refractivity contribution in [3.8, 4) is 5.75 Å². The van der Waals surface area contributed by atoms with E-state index in [1.165, 1.54) is 5.56 Å². The summed E-state index contributed by atoms with van der Waals surface area (Å²) in [7, 11) is 0. The molecule has 3 rings (SSSR count). The van der Waals surface area contributed by atoms with E-state index in [0.717, 1.165) is 31.9 Å². The van der Waals surface area contributed by atoms with Crippen LogP contribution in [0.1, 0.15) is 17.9 Å². The highest BCUT2D eigenvalue weighted by molar-refractivity contribution is 5.38. The molecule has 1 saturated heterocycles. The summed E-state index contributed by atoms with van der Waals surface area (Å²) < 4.78 is 13.4. The molecule has 2 atom stereocenters. The van der Waals surface area contributed by atoms with Crippen molar-refractivity contribution in [2.75, 3.05) is 19.7 Å². The second-order valence-corrected chi connectivity index (χ2v) is 4.13. The summed E-state index contributed by atoms with van der Waals surface area (Å²) >= 11 is 0. The summed E-state index contributed by atoms with van der Waals surface area (Å²) in [5.74, 6) is 2.17. The van der Waals surface area contributed by atoms with Crippen molar-refractivity contribution in [3.63, 3.8) is 0 Å². The number of hydrogen-bond acceptors (Lipinski definition) is 2. The van der Waals surface area contributed by atoms with Crippen LogP contribution in [0, 0.1) is 5.92 Å². The number of fused-ring (bicyclic) bond motifs is 3. The van der Waals surface area contributed by atoms with Crippen LogP contribution in [0.4, 0.5) is 0 Å². The fourth-order valence-corrected chi connectivity index (χ4v) is 2.54. The Labute approximate surface area is 85.7 Å². The van der Waals surface area contributed by atoms with Crippen molar-refractivity contribution in [2.45, 2.75) is 12.3 Å². The molecule has 2 heterocycles. The molecule has 0 spiro atoms. The lowest BCUT2D eigenvalue weighted by Gasteiger charge is -2.37. The maximum absolute atomic E-state index is 7.66. The molecule has 0 aliphatic carbocycles. The third kappa shape index (κ3) is 1.22. The van der Waals surface area contributed by atoms with Crippen LogP contribution in [0.2, 0.25) is 1.41 Å². The van der Waals surface area contributed by atoms with Gasteiger partial charge in [-0.1, -0.05) is 18.2 Å². The second-order valence-electron chi connectivity index (χ2n) is 4.13. The first kappa shape index (κ1) is 7.30. The fourth-order valence-electron chi connectivity index (χ4n) is 2.54. The van der Waals surface area contributed by atoms with E-state index in [2.05, 4.69) is 18.2 Å². The highest BCUT2D eigenvalue weighted by atomic mass is 16.5. The van der Waals surface area contributed by atoms with Crippen LogP contribution in [0.25, 0.3) is 0 Å². The lowest BCUT2D eigenvalue weighted by molar-refractivity contribution is 0.167. The van der Waals surface area contributed by atoms with Gasteiger partial charge in [0, 0.05) is 12.5 Å². The van der Waals surface area contributed by atoms with E-state index in [9.17, 15) is 0 Å². The van der Waals surface area contributed by atoms with E-state index in [4.69, 9.17) is 6.15 Å². The molecule has 1 aromatic rings. The lowest BCUT2D eigenvalue weighted by Crippen LogP contribution is -2.40. The number of rotatable bonds is 0. The van der Waals surface area contributed by atoms with Crippen LogP contribution in [-0.2, 0) is 0 Å². The van der Waals surface area contributed by atoms with Crippen molar-refractivity contribution in [3.05, 3.63) is 29.8 Å². The molecule has 2 unspecified atom stereocenters. The zero-order valence-electron chi connectivity index (χ0n) is 9.15. The minimum absolute atomic E-state index is 0.506. The quantitative estimate of drug-likeness (QED) is 0.673. The zero-order valence-corrected chi connectivity index (χ0v) is 8.15. The van der Waals surface area contributed by atoms with E-state index in [1.807, 2.05) is 6.07 Å². The Bertz CT molecular complexity index is 368. The summed E-state index contributed by atoms with van der Waals surface area (Å²) in [5, 5.41) is 1.67. The molecule has 14 heavy (non-hydrogen) atoms. The third-order valence-electron chi connectivity index (χ3n) is 3.30. The van der Waals surface area contributed by atoms with Gasteiger partial charge in [-0.05, 0) is 30.5 Å². The van der Waals surface area contributed by atoms with Gasteiger partial charge in [-0.25, -0.2) is 0 Å². The normalized spacial score (nSPS) is 32.4. The van der Waals surface area contributed by atoms with Gasteiger partial charge in [0.05, 0.1) is 6.61 Å². The van der Waals surface area contributed by atoms with E-state index in [1.54, 1.807) is 5.31 Å².